The minimum absolute atomic E-state index is 0.0694. The molecule has 2 aliphatic rings. The molecule has 1 unspecified atom stereocenters. The van der Waals surface area contributed by atoms with Crippen LogP contribution in [0.25, 0.3) is 0 Å². The van der Waals surface area contributed by atoms with Gasteiger partial charge in [0.15, 0.2) is 12.6 Å². The van der Waals surface area contributed by atoms with Crippen LogP contribution in [0, 0.1) is 0 Å². The van der Waals surface area contributed by atoms with Gasteiger partial charge in [-0.15, -0.1) is 0 Å². The van der Waals surface area contributed by atoms with Gasteiger partial charge in [0.1, 0.15) is 85.0 Å². The molecule has 0 aliphatic carbocycles. The molecule has 0 aromatic rings. The lowest BCUT2D eigenvalue weighted by atomic mass is 9.94. The second kappa shape index (κ2) is 27.6. The predicted octanol–water partition coefficient (Wildman–Crippen LogP) is -7.13. The number of ether oxygens (including phenoxy) is 4. The first-order valence-corrected chi connectivity index (χ1v) is 21.5. The molecule has 2 saturated heterocycles. The van der Waals surface area contributed by atoms with Crippen molar-refractivity contribution >= 4 is 53.3 Å². The van der Waals surface area contributed by atoms with E-state index in [0.29, 0.717) is 12.8 Å². The minimum atomic E-state index is -1.89. The Morgan fingerprint density at radius 2 is 1.16 bits per heavy atom. The molecular weight excluding hydrogens is 900 g/mol. The van der Waals surface area contributed by atoms with Crippen molar-refractivity contribution in [2.75, 3.05) is 19.8 Å². The number of nitrogens with two attached hydrogens (primary N) is 1. The maximum atomic E-state index is 13.5. The van der Waals surface area contributed by atoms with Crippen molar-refractivity contribution in [1.29, 1.82) is 0 Å². The van der Waals surface area contributed by atoms with Crippen LogP contribution < -0.4 is 43.0 Å². The first-order chi connectivity index (χ1) is 31.4. The van der Waals surface area contributed by atoms with Crippen LogP contribution >= 0.6 is 0 Å². The highest BCUT2D eigenvalue weighted by Gasteiger charge is 2.53. The topological polar surface area (TPSA) is 442 Å². The van der Waals surface area contributed by atoms with E-state index >= 15 is 0 Å². The van der Waals surface area contributed by atoms with Crippen molar-refractivity contribution < 1.29 is 97.8 Å². The zero-order valence-corrected chi connectivity index (χ0v) is 37.9. The standard InChI is InChI=1S/C39H66N8O20/c1-15(32(55)43-17(3)36(59)60)42-35(58)21(9-7-8-12-40)46-25(52)11-10-22(37(61)62)47-33(56)16(2)41-34(57)18(4)64-31-27(45-20(6)51)38(63)65-24(14-49)30(31)67-39-26(44-19(5)50)29(54)28(53)23(13-48)66-39/h15-18,21-24,26-31,38-39,48-49,53-54,63H,7-14,40H2,1-6H3,(H,41,57)(H,42,58)(H,43,55)(H,44,50)(H,45,51)(H,46,52)(H,47,56)(H,59,60)(H,61,62)/t15-,16+,17-,18-,21+,22-,23-,24-,26-,27-,28-,29-,30-,31-,38?,39+/m1/s1. The summed E-state index contributed by atoms with van der Waals surface area (Å²) in [6.07, 6.45) is -15.0. The zero-order valence-electron chi connectivity index (χ0n) is 37.9. The van der Waals surface area contributed by atoms with E-state index < -0.39 is 177 Å². The van der Waals surface area contributed by atoms with Gasteiger partial charge in [-0.3, -0.25) is 38.4 Å². The van der Waals surface area contributed by atoms with Gasteiger partial charge < -0.3 is 97.6 Å². The summed E-state index contributed by atoms with van der Waals surface area (Å²) in [5, 5.41) is 87.5. The molecule has 28 nitrogen and oxygen atoms in total. The molecule has 7 amide bonds. The van der Waals surface area contributed by atoms with Gasteiger partial charge in [-0.05, 0) is 59.9 Å². The number of carbonyl (C=O) groups is 9. The fraction of sp³-hybridized carbons (Fsp3) is 0.769. The van der Waals surface area contributed by atoms with Crippen LogP contribution in [0.15, 0.2) is 0 Å². The molecule has 28 heteroatoms. The highest BCUT2D eigenvalue weighted by molar-refractivity contribution is 5.94. The van der Waals surface area contributed by atoms with Gasteiger partial charge in [0.2, 0.25) is 41.4 Å². The number of amides is 7. The van der Waals surface area contributed by atoms with Crippen molar-refractivity contribution in [1.82, 2.24) is 37.2 Å². The van der Waals surface area contributed by atoms with E-state index in [9.17, 15) is 73.8 Å². The van der Waals surface area contributed by atoms with Crippen molar-refractivity contribution in [3.05, 3.63) is 0 Å². The molecule has 2 fully saturated rings. The molecule has 67 heavy (non-hydrogen) atoms. The summed E-state index contributed by atoms with van der Waals surface area (Å²) in [5.41, 5.74) is 5.55. The summed E-state index contributed by atoms with van der Waals surface area (Å²) in [6, 6.07) is -9.87. The monoisotopic (exact) mass is 966 g/mol. The van der Waals surface area contributed by atoms with Crippen LogP contribution in [0.1, 0.15) is 73.6 Å². The largest absolute Gasteiger partial charge is 0.480 e. The molecule has 16 N–H and O–H groups in total. The molecule has 0 saturated carbocycles. The second-order valence-electron chi connectivity index (χ2n) is 16.1. The third kappa shape index (κ3) is 17.8. The lowest BCUT2D eigenvalue weighted by molar-refractivity contribution is -0.333. The van der Waals surface area contributed by atoms with E-state index in [-0.39, 0.29) is 13.0 Å². The van der Waals surface area contributed by atoms with Gasteiger partial charge in [0, 0.05) is 20.3 Å². The smallest absolute Gasteiger partial charge is 0.326 e. The summed E-state index contributed by atoms with van der Waals surface area (Å²) in [7, 11) is 0. The van der Waals surface area contributed by atoms with Crippen molar-refractivity contribution in [2.45, 2.75) is 171 Å². The number of aliphatic hydroxyl groups excluding tert-OH is 5. The number of unbranched alkanes of at least 4 members (excludes halogenated alkanes) is 1. The van der Waals surface area contributed by atoms with Crippen molar-refractivity contribution in [3.8, 4) is 0 Å². The number of rotatable bonds is 26. The molecule has 0 radical (unpaired) electrons. The lowest BCUT2D eigenvalue weighted by Crippen LogP contribution is -2.70. The van der Waals surface area contributed by atoms with Crippen molar-refractivity contribution in [2.24, 2.45) is 5.73 Å². The number of carbonyl (C=O) groups excluding carboxylic acids is 7. The molecule has 0 spiro atoms. The molecule has 0 aromatic carbocycles. The molecule has 16 atom stereocenters. The van der Waals surface area contributed by atoms with E-state index in [2.05, 4.69) is 37.2 Å². The molecule has 2 aliphatic heterocycles. The number of carboxylic acids is 2. The van der Waals surface area contributed by atoms with Crippen molar-refractivity contribution in [3.63, 3.8) is 0 Å². The van der Waals surface area contributed by atoms with Gasteiger partial charge in [-0.1, -0.05) is 0 Å². The Balaban J connectivity index is 2.19. The van der Waals surface area contributed by atoms with E-state index in [4.69, 9.17) is 29.8 Å². The van der Waals surface area contributed by atoms with Gasteiger partial charge in [0.25, 0.3) is 0 Å². The third-order valence-electron chi connectivity index (χ3n) is 10.6. The summed E-state index contributed by atoms with van der Waals surface area (Å²) in [4.78, 5) is 113. The second-order valence-corrected chi connectivity index (χ2v) is 16.1. The average Bonchev–Trinajstić information content (AvgIpc) is 3.25. The Kier molecular flexibility index (Phi) is 23.9. The van der Waals surface area contributed by atoms with E-state index in [1.54, 1.807) is 0 Å². The fourth-order valence-corrected chi connectivity index (χ4v) is 6.85. The van der Waals surface area contributed by atoms with Gasteiger partial charge in [-0.25, -0.2) is 4.79 Å². The minimum Gasteiger partial charge on any atom is -0.480 e. The van der Waals surface area contributed by atoms with E-state index in [0.717, 1.165) is 13.8 Å². The number of hydrogen-bond donors (Lipinski definition) is 15. The van der Waals surface area contributed by atoms with Gasteiger partial charge in [0.05, 0.1) is 13.2 Å². The number of carboxylic acid groups (broad SMARTS) is 2. The van der Waals surface area contributed by atoms with E-state index in [1.165, 1.54) is 27.7 Å². The summed E-state index contributed by atoms with van der Waals surface area (Å²) < 4.78 is 23.1. The highest BCUT2D eigenvalue weighted by Crippen LogP contribution is 2.31. The van der Waals surface area contributed by atoms with Gasteiger partial charge >= 0.3 is 11.9 Å². The summed E-state index contributed by atoms with van der Waals surface area (Å²) in [6.45, 7) is 5.61. The summed E-state index contributed by atoms with van der Waals surface area (Å²) >= 11 is 0. The third-order valence-corrected chi connectivity index (χ3v) is 10.6. The fourth-order valence-electron chi connectivity index (χ4n) is 6.85. The highest BCUT2D eigenvalue weighted by atomic mass is 16.7. The normalized spacial score (nSPS) is 27.6. The molecule has 2 heterocycles. The van der Waals surface area contributed by atoms with Crippen LogP contribution in [0.5, 0.6) is 0 Å². The Bertz CT molecular complexity index is 1730. The van der Waals surface area contributed by atoms with Gasteiger partial charge in [-0.2, -0.15) is 0 Å². The molecule has 0 aromatic heterocycles. The Morgan fingerprint density at radius 3 is 1.70 bits per heavy atom. The molecule has 2 rings (SSSR count). The summed E-state index contributed by atoms with van der Waals surface area (Å²) in [5.74, 6) is -8.75. The number of aliphatic hydroxyl groups is 5. The molecule has 0 bridgehead atoms. The first kappa shape index (κ1) is 58.0. The Morgan fingerprint density at radius 1 is 0.612 bits per heavy atom. The number of nitrogens with one attached hydrogen (secondary N) is 7. The Hall–Kier alpha value is -5.17. The maximum absolute atomic E-state index is 13.5. The van der Waals surface area contributed by atoms with Crippen LogP contribution in [0.2, 0.25) is 0 Å². The number of hydrogen-bond acceptors (Lipinski definition) is 19. The quantitative estimate of drug-likeness (QED) is 0.0358. The van der Waals surface area contributed by atoms with Crippen LogP contribution in [0.3, 0.4) is 0 Å². The van der Waals surface area contributed by atoms with Crippen LogP contribution in [-0.4, -0.2) is 206 Å². The number of aliphatic carboxylic acids is 2. The van der Waals surface area contributed by atoms with Crippen LogP contribution in [0.4, 0.5) is 0 Å². The first-order valence-electron chi connectivity index (χ1n) is 21.5. The predicted molar refractivity (Wildman–Crippen MR) is 224 cm³/mol. The molecule has 382 valence electrons. The maximum Gasteiger partial charge on any atom is 0.326 e. The molecular formula is C39H66N8O20. The average molecular weight is 967 g/mol. The van der Waals surface area contributed by atoms with Crippen LogP contribution in [-0.2, 0) is 62.1 Å². The zero-order chi connectivity index (χ0) is 50.9. The Labute approximate surface area is 384 Å². The SMILES string of the molecule is CC(=O)N[C@H]1[C@H](O[C@H]2[C@H](O[C@H](C)C(=O)N[C@@H](C)C(=O)N[C@H](CCC(=O)N[C@@H](CCCCN)C(=O)N[C@H](C)C(=O)N[C@H](C)C(=O)O)C(=O)O)[C@@H](NC(C)=O)C(O)O[C@@H]2CO)O[C@H](CO)[C@@H](O)[C@@H]1O. The van der Waals surface area contributed by atoms with E-state index in [1.807, 2.05) is 0 Å². The lowest BCUT2D eigenvalue weighted by Gasteiger charge is -2.48.